The van der Waals surface area contributed by atoms with Crippen molar-refractivity contribution in [2.45, 2.75) is 58.0 Å². The van der Waals surface area contributed by atoms with E-state index in [4.69, 9.17) is 4.42 Å². The van der Waals surface area contributed by atoms with Crippen molar-refractivity contribution >= 4 is 0 Å². The Morgan fingerprint density at radius 2 is 2.12 bits per heavy atom. The Hall–Kier alpha value is -0.760. The maximum atomic E-state index is 5.44. The van der Waals surface area contributed by atoms with Crippen molar-refractivity contribution in [1.82, 2.24) is 5.32 Å². The molecule has 1 aromatic rings. The number of furan rings is 1. The lowest BCUT2D eigenvalue weighted by atomic mass is 9.78. The van der Waals surface area contributed by atoms with E-state index in [0.717, 1.165) is 11.7 Å². The Morgan fingerprint density at radius 3 is 2.69 bits per heavy atom. The van der Waals surface area contributed by atoms with Crippen molar-refractivity contribution in [2.24, 2.45) is 5.92 Å². The summed E-state index contributed by atoms with van der Waals surface area (Å²) in [7, 11) is 0. The summed E-state index contributed by atoms with van der Waals surface area (Å²) in [6.07, 6.45) is 6.99. The molecule has 90 valence electrons. The second-order valence-electron chi connectivity index (χ2n) is 5.62. The summed E-state index contributed by atoms with van der Waals surface area (Å²) in [6, 6.07) is 4.32. The van der Waals surface area contributed by atoms with Gasteiger partial charge in [0.05, 0.1) is 12.3 Å². The Kier molecular flexibility index (Phi) is 3.38. The summed E-state index contributed by atoms with van der Waals surface area (Å²) in [6.45, 7) is 6.88. The maximum Gasteiger partial charge on any atom is 0.120 e. The third-order valence-electron chi connectivity index (χ3n) is 3.91. The van der Waals surface area contributed by atoms with Crippen LogP contribution in [-0.2, 0) is 0 Å². The van der Waals surface area contributed by atoms with Crippen molar-refractivity contribution in [3.8, 4) is 0 Å². The summed E-state index contributed by atoms with van der Waals surface area (Å²) in [5.41, 5.74) is 0.290. The topological polar surface area (TPSA) is 25.2 Å². The van der Waals surface area contributed by atoms with E-state index in [1.54, 1.807) is 6.26 Å². The van der Waals surface area contributed by atoms with Crippen molar-refractivity contribution in [1.29, 1.82) is 0 Å². The smallest absolute Gasteiger partial charge is 0.120 e. The van der Waals surface area contributed by atoms with Crippen LogP contribution < -0.4 is 5.32 Å². The summed E-state index contributed by atoms with van der Waals surface area (Å²) >= 11 is 0. The maximum absolute atomic E-state index is 5.44. The zero-order chi connectivity index (χ0) is 11.6. The molecule has 0 amide bonds. The van der Waals surface area contributed by atoms with Gasteiger partial charge in [-0.2, -0.15) is 0 Å². The molecular formula is C14H23NO. The molecule has 1 fully saturated rings. The molecule has 0 saturated heterocycles. The minimum atomic E-state index is 0.290. The molecule has 1 atom stereocenters. The van der Waals surface area contributed by atoms with Crippen LogP contribution in [0.1, 0.15) is 58.3 Å². The van der Waals surface area contributed by atoms with E-state index in [1.165, 1.54) is 25.7 Å². The lowest BCUT2D eigenvalue weighted by Gasteiger charge is -2.39. The Labute approximate surface area is 98.4 Å². The molecule has 2 nitrogen and oxygen atoms in total. The van der Waals surface area contributed by atoms with Crippen molar-refractivity contribution < 1.29 is 4.42 Å². The fraction of sp³-hybridized carbons (Fsp3) is 0.714. The lowest BCUT2D eigenvalue weighted by Crippen LogP contribution is -2.46. The highest BCUT2D eigenvalue weighted by atomic mass is 16.3. The standard InChI is InChI=1S/C14H23NO/c1-11-6-8-14(3,9-7-11)15-12(2)13-5-4-10-16-13/h4-5,10-12,15H,6-9H2,1-3H3. The predicted octanol–water partition coefficient (Wildman–Crippen LogP) is 3.90. The van der Waals surface area contributed by atoms with Gasteiger partial charge in [-0.3, -0.25) is 0 Å². The molecule has 1 aromatic heterocycles. The van der Waals surface area contributed by atoms with E-state index >= 15 is 0 Å². The Bertz CT molecular complexity index is 309. The molecule has 0 bridgehead atoms. The van der Waals surface area contributed by atoms with E-state index in [9.17, 15) is 0 Å². The minimum absolute atomic E-state index is 0.290. The normalized spacial score (nSPS) is 32.6. The van der Waals surface area contributed by atoms with Gasteiger partial charge < -0.3 is 9.73 Å². The van der Waals surface area contributed by atoms with Gasteiger partial charge in [0.25, 0.3) is 0 Å². The highest BCUT2D eigenvalue weighted by Crippen LogP contribution is 2.33. The molecule has 1 heterocycles. The van der Waals surface area contributed by atoms with E-state index in [2.05, 4.69) is 26.1 Å². The van der Waals surface area contributed by atoms with E-state index < -0.39 is 0 Å². The molecule has 0 spiro atoms. The zero-order valence-corrected chi connectivity index (χ0v) is 10.6. The van der Waals surface area contributed by atoms with Gasteiger partial charge in [0, 0.05) is 5.54 Å². The minimum Gasteiger partial charge on any atom is -0.468 e. The quantitative estimate of drug-likeness (QED) is 0.837. The van der Waals surface area contributed by atoms with Crippen molar-refractivity contribution in [3.05, 3.63) is 24.2 Å². The third-order valence-corrected chi connectivity index (χ3v) is 3.91. The number of hydrogen-bond donors (Lipinski definition) is 1. The van der Waals surface area contributed by atoms with Crippen LogP contribution in [0.15, 0.2) is 22.8 Å². The van der Waals surface area contributed by atoms with Crippen LogP contribution >= 0.6 is 0 Å². The number of rotatable bonds is 3. The molecule has 1 unspecified atom stereocenters. The van der Waals surface area contributed by atoms with Crippen LogP contribution in [0.25, 0.3) is 0 Å². The van der Waals surface area contributed by atoms with Crippen LogP contribution in [0.2, 0.25) is 0 Å². The molecule has 2 rings (SSSR count). The second kappa shape index (κ2) is 4.62. The molecule has 1 saturated carbocycles. The van der Waals surface area contributed by atoms with Gasteiger partial charge in [0.15, 0.2) is 0 Å². The first-order chi connectivity index (χ1) is 7.59. The van der Waals surface area contributed by atoms with Gasteiger partial charge >= 0.3 is 0 Å². The van der Waals surface area contributed by atoms with Crippen LogP contribution in [-0.4, -0.2) is 5.54 Å². The van der Waals surface area contributed by atoms with Gasteiger partial charge in [-0.1, -0.05) is 6.92 Å². The summed E-state index contributed by atoms with van der Waals surface area (Å²) < 4.78 is 5.44. The van der Waals surface area contributed by atoms with Gasteiger partial charge in [-0.25, -0.2) is 0 Å². The SMILES string of the molecule is CC1CCC(C)(NC(C)c2ccco2)CC1. The number of nitrogens with one attached hydrogen (secondary N) is 1. The summed E-state index contributed by atoms with van der Waals surface area (Å²) in [5.74, 6) is 1.94. The second-order valence-corrected chi connectivity index (χ2v) is 5.62. The predicted molar refractivity (Wildman–Crippen MR) is 66.3 cm³/mol. The van der Waals surface area contributed by atoms with Gasteiger partial charge in [0.2, 0.25) is 0 Å². The summed E-state index contributed by atoms with van der Waals surface area (Å²) in [4.78, 5) is 0. The molecule has 1 N–H and O–H groups in total. The monoisotopic (exact) mass is 221 g/mol. The molecule has 16 heavy (non-hydrogen) atoms. The van der Waals surface area contributed by atoms with Crippen LogP contribution in [0.3, 0.4) is 0 Å². The van der Waals surface area contributed by atoms with Crippen molar-refractivity contribution in [3.63, 3.8) is 0 Å². The van der Waals surface area contributed by atoms with Gasteiger partial charge in [-0.15, -0.1) is 0 Å². The van der Waals surface area contributed by atoms with Crippen LogP contribution in [0.5, 0.6) is 0 Å². The molecular weight excluding hydrogens is 198 g/mol. The van der Waals surface area contributed by atoms with Gasteiger partial charge in [-0.05, 0) is 57.6 Å². The molecule has 0 aromatic carbocycles. The molecule has 1 aliphatic carbocycles. The average Bonchev–Trinajstić information content (AvgIpc) is 2.76. The van der Waals surface area contributed by atoms with E-state index in [1.807, 2.05) is 12.1 Å². The fourth-order valence-corrected chi connectivity index (χ4v) is 2.68. The molecule has 0 aliphatic heterocycles. The highest BCUT2D eigenvalue weighted by Gasteiger charge is 2.31. The highest BCUT2D eigenvalue weighted by molar-refractivity contribution is 5.05. The molecule has 1 aliphatic rings. The third kappa shape index (κ3) is 2.67. The largest absolute Gasteiger partial charge is 0.468 e. The fourth-order valence-electron chi connectivity index (χ4n) is 2.68. The lowest BCUT2D eigenvalue weighted by molar-refractivity contribution is 0.191. The van der Waals surface area contributed by atoms with E-state index in [-0.39, 0.29) is 0 Å². The summed E-state index contributed by atoms with van der Waals surface area (Å²) in [5, 5.41) is 3.72. The van der Waals surface area contributed by atoms with Crippen LogP contribution in [0.4, 0.5) is 0 Å². The number of hydrogen-bond acceptors (Lipinski definition) is 2. The first kappa shape index (κ1) is 11.7. The average molecular weight is 221 g/mol. The molecule has 0 radical (unpaired) electrons. The van der Waals surface area contributed by atoms with Crippen LogP contribution in [0, 0.1) is 5.92 Å². The zero-order valence-electron chi connectivity index (χ0n) is 10.6. The first-order valence-electron chi connectivity index (χ1n) is 6.40. The first-order valence-corrected chi connectivity index (χ1v) is 6.40. The molecule has 2 heteroatoms. The Balaban J connectivity index is 1.93. The Morgan fingerprint density at radius 1 is 1.44 bits per heavy atom. The van der Waals surface area contributed by atoms with E-state index in [0.29, 0.717) is 11.6 Å². The van der Waals surface area contributed by atoms with Crippen molar-refractivity contribution in [2.75, 3.05) is 0 Å². The van der Waals surface area contributed by atoms with Gasteiger partial charge in [0.1, 0.15) is 5.76 Å².